The maximum absolute atomic E-state index is 12.2. The van der Waals surface area contributed by atoms with E-state index < -0.39 is 5.97 Å². The lowest BCUT2D eigenvalue weighted by molar-refractivity contribution is -0.149. The zero-order valence-electron chi connectivity index (χ0n) is 11.8. The molecular weight excluding hydrogens is 294 g/mol. The summed E-state index contributed by atoms with van der Waals surface area (Å²) in [6, 6.07) is -0.325. The summed E-state index contributed by atoms with van der Waals surface area (Å²) in [4.78, 5) is 24.8. The third-order valence-corrected chi connectivity index (χ3v) is 4.86. The third kappa shape index (κ3) is 3.06. The lowest BCUT2D eigenvalue weighted by Crippen LogP contribution is -2.69. The smallest absolute Gasteiger partial charge is 0.353 e. The maximum Gasteiger partial charge on any atom is 0.353 e. The Kier molecular flexibility index (Phi) is 5.24. The van der Waals surface area contributed by atoms with E-state index in [0.717, 1.165) is 32.0 Å². The van der Waals surface area contributed by atoms with E-state index in [4.69, 9.17) is 5.21 Å². The monoisotopic (exact) mass is 313 g/mol. The van der Waals surface area contributed by atoms with E-state index in [0.29, 0.717) is 11.3 Å². The number of amides is 1. The molecule has 21 heavy (non-hydrogen) atoms. The number of nitrogens with zero attached hydrogens (tertiary/aromatic N) is 2. The summed E-state index contributed by atoms with van der Waals surface area (Å²) in [6.07, 6.45) is 4.30. The van der Waals surface area contributed by atoms with Crippen LogP contribution in [0.3, 0.4) is 0 Å². The largest absolute Gasteiger partial charge is 0.477 e. The van der Waals surface area contributed by atoms with Gasteiger partial charge in [0.2, 0.25) is 5.91 Å². The van der Waals surface area contributed by atoms with Crippen LogP contribution in [-0.2, 0) is 9.59 Å². The molecular formula is C13H19N3O4S. The van der Waals surface area contributed by atoms with Gasteiger partial charge in [-0.2, -0.15) is 0 Å². The molecule has 1 unspecified atom stereocenters. The van der Waals surface area contributed by atoms with Crippen molar-refractivity contribution in [1.82, 2.24) is 10.2 Å². The highest BCUT2D eigenvalue weighted by Gasteiger charge is 2.53. The van der Waals surface area contributed by atoms with Crippen molar-refractivity contribution < 1.29 is 19.9 Å². The van der Waals surface area contributed by atoms with Gasteiger partial charge in [0.15, 0.2) is 0 Å². The Morgan fingerprint density at radius 1 is 1.57 bits per heavy atom. The van der Waals surface area contributed by atoms with E-state index >= 15 is 0 Å². The average Bonchev–Trinajstić information content (AvgIpc) is 2.46. The van der Waals surface area contributed by atoms with Crippen molar-refractivity contribution >= 4 is 29.9 Å². The second-order valence-corrected chi connectivity index (χ2v) is 6.08. The molecule has 1 saturated heterocycles. The average molecular weight is 313 g/mol. The molecule has 0 aromatic heterocycles. The van der Waals surface area contributed by atoms with E-state index in [-0.39, 0.29) is 23.0 Å². The van der Waals surface area contributed by atoms with E-state index in [9.17, 15) is 14.7 Å². The minimum Gasteiger partial charge on any atom is -0.477 e. The molecule has 7 nitrogen and oxygen atoms in total. The summed E-state index contributed by atoms with van der Waals surface area (Å²) in [5, 5.41) is 23.8. The Balaban J connectivity index is 2.06. The normalized spacial score (nSPS) is 25.2. The molecule has 0 aromatic carbocycles. The van der Waals surface area contributed by atoms with Crippen molar-refractivity contribution in [2.75, 3.05) is 12.3 Å². The molecule has 0 aromatic rings. The minimum atomic E-state index is -1.17. The maximum atomic E-state index is 12.2. The number of carboxylic acids is 1. The number of nitrogens with one attached hydrogen (secondary N) is 1. The molecule has 2 atom stereocenters. The number of thioether (sulfide) groups is 1. The standard InChI is InChI=1S/C13H19N3O4S/c1-2-3-4-5-14-9-11(17)16-10(13(18)19)8(6-15-20)7-21-12(9)16/h6,9,12,14,20H,2-5,7H2,1H3,(H,18,19)/t9?,12-/m0/s1. The Labute approximate surface area is 127 Å². The minimum absolute atomic E-state index is 0.0758. The molecule has 2 rings (SSSR count). The highest BCUT2D eigenvalue weighted by atomic mass is 32.2. The van der Waals surface area contributed by atoms with Crippen LogP contribution >= 0.6 is 11.8 Å². The van der Waals surface area contributed by atoms with Crippen LogP contribution in [0, 0.1) is 0 Å². The Bertz CT molecular complexity index is 492. The summed E-state index contributed by atoms with van der Waals surface area (Å²) >= 11 is 1.48. The molecule has 0 aliphatic carbocycles. The molecule has 8 heteroatoms. The summed E-state index contributed by atoms with van der Waals surface area (Å²) in [6.45, 7) is 2.87. The molecule has 1 amide bonds. The van der Waals surface area contributed by atoms with Crippen molar-refractivity contribution in [3.05, 3.63) is 11.3 Å². The highest BCUT2D eigenvalue weighted by molar-refractivity contribution is 8.00. The number of β-lactam (4-membered cyclic amide) rings is 1. The fraction of sp³-hybridized carbons (Fsp3) is 0.615. The fourth-order valence-corrected chi connectivity index (χ4v) is 3.82. The number of oxime groups is 1. The molecule has 2 aliphatic rings. The molecule has 0 radical (unpaired) electrons. The number of carboxylic acid groups (broad SMARTS) is 1. The molecule has 116 valence electrons. The first kappa shape index (κ1) is 15.8. The first-order valence-electron chi connectivity index (χ1n) is 6.93. The number of rotatable bonds is 7. The molecule has 2 aliphatic heterocycles. The number of hydrogen-bond donors (Lipinski definition) is 3. The zero-order valence-corrected chi connectivity index (χ0v) is 12.6. The van der Waals surface area contributed by atoms with Crippen molar-refractivity contribution in [2.45, 2.75) is 37.6 Å². The predicted octanol–water partition coefficient (Wildman–Crippen LogP) is 0.849. The topological polar surface area (TPSA) is 102 Å². The summed E-state index contributed by atoms with van der Waals surface area (Å²) < 4.78 is 0. The van der Waals surface area contributed by atoms with Gasteiger partial charge in [-0.3, -0.25) is 9.69 Å². The van der Waals surface area contributed by atoms with Gasteiger partial charge < -0.3 is 15.6 Å². The summed E-state index contributed by atoms with van der Waals surface area (Å²) in [5.41, 5.74) is 0.275. The van der Waals surface area contributed by atoms with Crippen LogP contribution in [0.15, 0.2) is 16.4 Å². The second kappa shape index (κ2) is 6.95. The predicted molar refractivity (Wildman–Crippen MR) is 79.3 cm³/mol. The fourth-order valence-electron chi connectivity index (χ4n) is 2.50. The molecule has 2 heterocycles. The van der Waals surface area contributed by atoms with Gasteiger partial charge in [0.25, 0.3) is 0 Å². The number of aliphatic carboxylic acids is 1. The first-order valence-corrected chi connectivity index (χ1v) is 7.98. The number of hydrogen-bond acceptors (Lipinski definition) is 6. The highest BCUT2D eigenvalue weighted by Crippen LogP contribution is 2.39. The first-order chi connectivity index (χ1) is 10.1. The zero-order chi connectivity index (χ0) is 15.4. The van der Waals surface area contributed by atoms with E-state index in [1.807, 2.05) is 0 Å². The van der Waals surface area contributed by atoms with Gasteiger partial charge in [-0.25, -0.2) is 4.79 Å². The van der Waals surface area contributed by atoms with Crippen LogP contribution in [0.2, 0.25) is 0 Å². The van der Waals surface area contributed by atoms with E-state index in [1.54, 1.807) is 0 Å². The SMILES string of the molecule is CCCCCNC1C(=O)N2C(C(=O)O)=C(C=NO)CS[C@@H]12. The van der Waals surface area contributed by atoms with E-state index in [1.165, 1.54) is 16.7 Å². The van der Waals surface area contributed by atoms with Gasteiger partial charge >= 0.3 is 5.97 Å². The Morgan fingerprint density at radius 2 is 2.33 bits per heavy atom. The molecule has 0 saturated carbocycles. The molecule has 0 spiro atoms. The van der Waals surface area contributed by atoms with Crippen LogP contribution < -0.4 is 5.32 Å². The van der Waals surface area contributed by atoms with Crippen LogP contribution in [0.1, 0.15) is 26.2 Å². The van der Waals surface area contributed by atoms with Crippen LogP contribution in [0.4, 0.5) is 0 Å². The summed E-state index contributed by atoms with van der Waals surface area (Å²) in [7, 11) is 0. The van der Waals surface area contributed by atoms with Crippen molar-refractivity contribution in [2.24, 2.45) is 5.16 Å². The van der Waals surface area contributed by atoms with Gasteiger partial charge in [0.1, 0.15) is 17.1 Å². The Hall–Kier alpha value is -1.54. The van der Waals surface area contributed by atoms with Gasteiger partial charge in [-0.1, -0.05) is 24.9 Å². The van der Waals surface area contributed by atoms with Crippen molar-refractivity contribution in [1.29, 1.82) is 0 Å². The lowest BCUT2D eigenvalue weighted by Gasteiger charge is -2.49. The van der Waals surface area contributed by atoms with E-state index in [2.05, 4.69) is 17.4 Å². The van der Waals surface area contributed by atoms with Gasteiger partial charge in [0, 0.05) is 11.3 Å². The van der Waals surface area contributed by atoms with Crippen molar-refractivity contribution in [3.8, 4) is 0 Å². The lowest BCUT2D eigenvalue weighted by atomic mass is 10.0. The number of carbonyl (C=O) groups is 2. The quantitative estimate of drug-likeness (QED) is 0.212. The van der Waals surface area contributed by atoms with Gasteiger partial charge in [0.05, 0.1) is 6.21 Å². The van der Waals surface area contributed by atoms with Gasteiger partial charge in [-0.05, 0) is 13.0 Å². The van der Waals surface area contributed by atoms with Crippen LogP contribution in [0.25, 0.3) is 0 Å². The van der Waals surface area contributed by atoms with Crippen LogP contribution in [-0.4, -0.2) is 57.0 Å². The summed E-state index contributed by atoms with van der Waals surface area (Å²) in [5.74, 6) is -0.995. The second-order valence-electron chi connectivity index (χ2n) is 4.97. The third-order valence-electron chi connectivity index (χ3n) is 3.56. The van der Waals surface area contributed by atoms with Crippen LogP contribution in [0.5, 0.6) is 0 Å². The molecule has 3 N–H and O–H groups in total. The molecule has 1 fully saturated rings. The Morgan fingerprint density at radius 3 is 2.95 bits per heavy atom. The van der Waals surface area contributed by atoms with Crippen molar-refractivity contribution in [3.63, 3.8) is 0 Å². The molecule has 0 bridgehead atoms. The van der Waals surface area contributed by atoms with Gasteiger partial charge in [-0.15, -0.1) is 11.8 Å². The number of carbonyl (C=O) groups excluding carboxylic acids is 1. The number of fused-ring (bicyclic) bond motifs is 1. The number of unbranched alkanes of at least 4 members (excludes halogenated alkanes) is 2.